The van der Waals surface area contributed by atoms with Gasteiger partial charge in [-0.3, -0.25) is 0 Å². The molecular formula is C11H11Br. The van der Waals surface area contributed by atoms with Crippen LogP contribution < -0.4 is 0 Å². The Morgan fingerprint density at radius 2 is 2.08 bits per heavy atom. The highest BCUT2D eigenvalue weighted by atomic mass is 79.9. The Morgan fingerprint density at radius 1 is 1.42 bits per heavy atom. The average Bonchev–Trinajstić information content (AvgIpc) is 2.16. The fraction of sp³-hybridized carbons (Fsp3) is 0.0909. The zero-order chi connectivity index (χ0) is 8.97. The average molecular weight is 223 g/mol. The number of alkyl halides is 1. The molecule has 0 aliphatic rings. The molecule has 0 saturated carbocycles. The summed E-state index contributed by atoms with van der Waals surface area (Å²) in [5, 5.41) is 0.803. The monoisotopic (exact) mass is 222 g/mol. The summed E-state index contributed by atoms with van der Waals surface area (Å²) < 4.78 is 0. The van der Waals surface area contributed by atoms with Gasteiger partial charge in [0.2, 0.25) is 0 Å². The zero-order valence-electron chi connectivity index (χ0n) is 6.89. The van der Waals surface area contributed by atoms with E-state index in [1.165, 1.54) is 5.56 Å². The first-order valence-electron chi connectivity index (χ1n) is 3.75. The van der Waals surface area contributed by atoms with Gasteiger partial charge in [-0.05, 0) is 16.7 Å². The molecule has 0 nitrogen and oxygen atoms in total. The van der Waals surface area contributed by atoms with E-state index < -0.39 is 0 Å². The lowest BCUT2D eigenvalue weighted by molar-refractivity contribution is 1.56. The van der Waals surface area contributed by atoms with E-state index in [0.717, 1.165) is 16.5 Å². The fourth-order valence-electron chi connectivity index (χ4n) is 1.07. The summed E-state index contributed by atoms with van der Waals surface area (Å²) in [6.45, 7) is 7.71. The maximum atomic E-state index is 3.96. The molecule has 0 fully saturated rings. The summed E-state index contributed by atoms with van der Waals surface area (Å²) in [7, 11) is 0. The SMILES string of the molecule is C=Cc1ccccc1C(=C)CBr. The largest absolute Gasteiger partial charge is 0.0984 e. The first-order valence-corrected chi connectivity index (χ1v) is 4.87. The van der Waals surface area contributed by atoms with Gasteiger partial charge in [0, 0.05) is 5.33 Å². The van der Waals surface area contributed by atoms with Crippen molar-refractivity contribution in [3.8, 4) is 0 Å². The maximum absolute atomic E-state index is 3.96. The first-order chi connectivity index (χ1) is 5.79. The maximum Gasteiger partial charge on any atom is 0.0283 e. The van der Waals surface area contributed by atoms with Crippen molar-refractivity contribution in [1.29, 1.82) is 0 Å². The molecular weight excluding hydrogens is 212 g/mol. The molecule has 62 valence electrons. The van der Waals surface area contributed by atoms with E-state index in [4.69, 9.17) is 0 Å². The number of benzene rings is 1. The van der Waals surface area contributed by atoms with Gasteiger partial charge < -0.3 is 0 Å². The van der Waals surface area contributed by atoms with Crippen LogP contribution in [0.4, 0.5) is 0 Å². The minimum absolute atomic E-state index is 0.803. The van der Waals surface area contributed by atoms with Crippen LogP contribution in [0.3, 0.4) is 0 Å². The lowest BCUT2D eigenvalue weighted by atomic mass is 10.0. The van der Waals surface area contributed by atoms with Crippen molar-refractivity contribution >= 4 is 27.6 Å². The van der Waals surface area contributed by atoms with E-state index >= 15 is 0 Å². The van der Waals surface area contributed by atoms with Crippen molar-refractivity contribution in [2.24, 2.45) is 0 Å². The third-order valence-corrected chi connectivity index (χ3v) is 2.40. The van der Waals surface area contributed by atoms with E-state index in [1.807, 2.05) is 24.3 Å². The van der Waals surface area contributed by atoms with Gasteiger partial charge in [0.1, 0.15) is 0 Å². The summed E-state index contributed by atoms with van der Waals surface area (Å²) in [6.07, 6.45) is 1.85. The smallest absolute Gasteiger partial charge is 0.0283 e. The molecule has 0 amide bonds. The minimum atomic E-state index is 0.803. The molecule has 0 aliphatic carbocycles. The van der Waals surface area contributed by atoms with Gasteiger partial charge >= 0.3 is 0 Å². The predicted molar refractivity (Wildman–Crippen MR) is 59.4 cm³/mol. The number of hydrogen-bond donors (Lipinski definition) is 0. The quantitative estimate of drug-likeness (QED) is 0.684. The van der Waals surface area contributed by atoms with Crippen LogP contribution in [-0.4, -0.2) is 5.33 Å². The Labute approximate surface area is 81.7 Å². The Hall–Kier alpha value is -0.820. The summed E-state index contributed by atoms with van der Waals surface area (Å²) >= 11 is 3.38. The summed E-state index contributed by atoms with van der Waals surface area (Å²) in [5.74, 6) is 0. The van der Waals surface area contributed by atoms with Gasteiger partial charge in [-0.25, -0.2) is 0 Å². The molecule has 0 aliphatic heterocycles. The third kappa shape index (κ3) is 1.86. The van der Waals surface area contributed by atoms with Crippen LogP contribution in [0, 0.1) is 0 Å². The van der Waals surface area contributed by atoms with Crippen LogP contribution in [0.15, 0.2) is 37.4 Å². The molecule has 0 unspecified atom stereocenters. The molecule has 1 aromatic carbocycles. The van der Waals surface area contributed by atoms with E-state index in [0.29, 0.717) is 0 Å². The highest BCUT2D eigenvalue weighted by Crippen LogP contribution is 2.19. The molecule has 0 radical (unpaired) electrons. The van der Waals surface area contributed by atoms with Crippen molar-refractivity contribution < 1.29 is 0 Å². The van der Waals surface area contributed by atoms with Gasteiger partial charge in [-0.15, -0.1) is 0 Å². The molecule has 0 heterocycles. The van der Waals surface area contributed by atoms with Crippen LogP contribution in [0.25, 0.3) is 11.6 Å². The van der Waals surface area contributed by atoms with Crippen LogP contribution in [0.5, 0.6) is 0 Å². The summed E-state index contributed by atoms with van der Waals surface area (Å²) in [4.78, 5) is 0. The van der Waals surface area contributed by atoms with Gasteiger partial charge in [0.15, 0.2) is 0 Å². The van der Waals surface area contributed by atoms with Crippen molar-refractivity contribution in [1.82, 2.24) is 0 Å². The van der Waals surface area contributed by atoms with Crippen molar-refractivity contribution in [3.63, 3.8) is 0 Å². The van der Waals surface area contributed by atoms with Gasteiger partial charge in [-0.2, -0.15) is 0 Å². The second kappa shape index (κ2) is 4.27. The van der Waals surface area contributed by atoms with Crippen LogP contribution in [0.1, 0.15) is 11.1 Å². The summed E-state index contributed by atoms with van der Waals surface area (Å²) in [5.41, 5.74) is 3.40. The standard InChI is InChI=1S/C11H11Br/c1-3-10-6-4-5-7-11(10)9(2)8-12/h3-7H,1-2,8H2. The second-order valence-corrected chi connectivity index (χ2v) is 3.09. The van der Waals surface area contributed by atoms with Crippen molar-refractivity contribution in [3.05, 3.63) is 48.6 Å². The fourth-order valence-corrected chi connectivity index (χ4v) is 1.37. The Kier molecular flexibility index (Phi) is 3.30. The first kappa shape index (κ1) is 9.27. The number of allylic oxidation sites excluding steroid dienone is 1. The lowest BCUT2D eigenvalue weighted by Gasteiger charge is -2.05. The third-order valence-electron chi connectivity index (χ3n) is 1.72. The molecule has 1 heteroatoms. The molecule has 12 heavy (non-hydrogen) atoms. The van der Waals surface area contributed by atoms with Crippen LogP contribution >= 0.6 is 15.9 Å². The molecule has 0 aromatic heterocycles. The van der Waals surface area contributed by atoms with Gasteiger partial charge in [0.25, 0.3) is 0 Å². The molecule has 1 aromatic rings. The Balaban J connectivity index is 3.13. The molecule has 1 rings (SSSR count). The number of hydrogen-bond acceptors (Lipinski definition) is 0. The van der Waals surface area contributed by atoms with Gasteiger partial charge in [0.05, 0.1) is 0 Å². The van der Waals surface area contributed by atoms with Crippen molar-refractivity contribution in [2.75, 3.05) is 5.33 Å². The molecule has 0 atom stereocenters. The molecule has 0 N–H and O–H groups in total. The second-order valence-electron chi connectivity index (χ2n) is 2.53. The highest BCUT2D eigenvalue weighted by molar-refractivity contribution is 9.09. The van der Waals surface area contributed by atoms with E-state index in [-0.39, 0.29) is 0 Å². The summed E-state index contributed by atoms with van der Waals surface area (Å²) in [6, 6.07) is 8.11. The van der Waals surface area contributed by atoms with E-state index in [9.17, 15) is 0 Å². The number of rotatable bonds is 3. The predicted octanol–water partition coefficient (Wildman–Crippen LogP) is 3.74. The minimum Gasteiger partial charge on any atom is -0.0984 e. The van der Waals surface area contributed by atoms with E-state index in [2.05, 4.69) is 35.2 Å². The highest BCUT2D eigenvalue weighted by Gasteiger charge is 1.99. The topological polar surface area (TPSA) is 0 Å². The van der Waals surface area contributed by atoms with Gasteiger partial charge in [-0.1, -0.05) is 59.4 Å². The van der Waals surface area contributed by atoms with Crippen LogP contribution in [-0.2, 0) is 0 Å². The zero-order valence-corrected chi connectivity index (χ0v) is 8.47. The normalized spacial score (nSPS) is 9.42. The Bertz CT molecular complexity index is 300. The van der Waals surface area contributed by atoms with Crippen LogP contribution in [0.2, 0.25) is 0 Å². The number of halogens is 1. The molecule has 0 saturated heterocycles. The van der Waals surface area contributed by atoms with Crippen molar-refractivity contribution in [2.45, 2.75) is 0 Å². The molecule has 0 bridgehead atoms. The van der Waals surface area contributed by atoms with E-state index in [1.54, 1.807) is 0 Å². The Morgan fingerprint density at radius 3 is 2.67 bits per heavy atom. The lowest BCUT2D eigenvalue weighted by Crippen LogP contribution is -1.87. The molecule has 0 spiro atoms.